The number of carbonyl (C=O) groups is 2. The summed E-state index contributed by atoms with van der Waals surface area (Å²) in [5.41, 5.74) is 0.285. The lowest BCUT2D eigenvalue weighted by molar-refractivity contribution is -0.141. The van der Waals surface area contributed by atoms with E-state index in [1.54, 1.807) is 25.1 Å². The molecule has 0 aliphatic rings. The van der Waals surface area contributed by atoms with Crippen LogP contribution < -0.4 is 5.32 Å². The molecular weight excluding hydrogens is 347 g/mol. The van der Waals surface area contributed by atoms with Crippen molar-refractivity contribution >= 4 is 35.0 Å². The van der Waals surface area contributed by atoms with Gasteiger partial charge in [0.2, 0.25) is 11.8 Å². The molecule has 0 bridgehead atoms. The number of benzene rings is 1. The van der Waals surface area contributed by atoms with E-state index in [9.17, 15) is 9.59 Å². The van der Waals surface area contributed by atoms with E-state index in [0.29, 0.717) is 28.5 Å². The van der Waals surface area contributed by atoms with Crippen LogP contribution in [-0.4, -0.2) is 28.3 Å². The van der Waals surface area contributed by atoms with E-state index in [0.717, 1.165) is 0 Å². The van der Waals surface area contributed by atoms with E-state index in [2.05, 4.69) is 5.32 Å². The number of hydrogen-bond donors (Lipinski definition) is 1. The normalized spacial score (nSPS) is 12.6. The van der Waals surface area contributed by atoms with Crippen molar-refractivity contribution in [3.63, 3.8) is 0 Å². The first-order valence-electron chi connectivity index (χ1n) is 8.11. The lowest BCUT2D eigenvalue weighted by atomic mass is 10.1. The van der Waals surface area contributed by atoms with Crippen LogP contribution in [0.1, 0.15) is 53.0 Å². The summed E-state index contributed by atoms with van der Waals surface area (Å²) in [6, 6.07) is 4.59. The molecule has 4 nitrogen and oxygen atoms in total. The summed E-state index contributed by atoms with van der Waals surface area (Å²) in [4.78, 5) is 26.6. The Morgan fingerprint density at radius 1 is 1.21 bits per heavy atom. The summed E-state index contributed by atoms with van der Waals surface area (Å²) in [5, 5.41) is 3.89. The molecule has 0 saturated heterocycles. The monoisotopic (exact) mass is 372 g/mol. The molecule has 0 aliphatic carbocycles. The van der Waals surface area contributed by atoms with Crippen molar-refractivity contribution in [1.29, 1.82) is 0 Å². The highest BCUT2D eigenvalue weighted by atomic mass is 35.5. The molecule has 134 valence electrons. The zero-order chi connectivity index (χ0) is 18.5. The molecule has 1 N–H and O–H groups in total. The molecule has 6 heteroatoms. The molecule has 1 atom stereocenters. The number of hydrogen-bond acceptors (Lipinski definition) is 2. The Balaban J connectivity index is 3.08. The minimum atomic E-state index is -0.615. The molecule has 2 amide bonds. The van der Waals surface area contributed by atoms with Crippen LogP contribution >= 0.6 is 23.2 Å². The Morgan fingerprint density at radius 3 is 2.21 bits per heavy atom. The van der Waals surface area contributed by atoms with Crippen molar-refractivity contribution in [3.8, 4) is 0 Å². The Kier molecular flexibility index (Phi) is 7.56. The number of carbonyl (C=O) groups excluding carboxylic acids is 2. The fraction of sp³-hybridized carbons (Fsp3) is 0.556. The van der Waals surface area contributed by atoms with Gasteiger partial charge in [0.25, 0.3) is 0 Å². The molecule has 0 unspecified atom stereocenters. The average molecular weight is 373 g/mol. The van der Waals surface area contributed by atoms with E-state index in [-0.39, 0.29) is 23.9 Å². The smallest absolute Gasteiger partial charge is 0.242 e. The van der Waals surface area contributed by atoms with Gasteiger partial charge >= 0.3 is 0 Å². The largest absolute Gasteiger partial charge is 0.350 e. The quantitative estimate of drug-likeness (QED) is 0.802. The van der Waals surface area contributed by atoms with Crippen LogP contribution in [0.2, 0.25) is 10.0 Å². The van der Waals surface area contributed by atoms with Gasteiger partial charge < -0.3 is 10.2 Å². The van der Waals surface area contributed by atoms with Crippen molar-refractivity contribution < 1.29 is 9.59 Å². The van der Waals surface area contributed by atoms with Crippen molar-refractivity contribution in [1.82, 2.24) is 10.2 Å². The Bertz CT molecular complexity index is 577. The summed E-state index contributed by atoms with van der Waals surface area (Å²) in [5.74, 6) is -0.292. The molecule has 0 radical (unpaired) electrons. The van der Waals surface area contributed by atoms with Crippen LogP contribution in [0.15, 0.2) is 18.2 Å². The number of nitrogens with one attached hydrogen (secondary N) is 1. The standard InChI is InChI=1S/C18H26Cl2N2O2/c1-6-8-16(23)22(12(2)17(24)21-18(3,4)5)11-13-14(19)9-7-10-15(13)20/h7,9-10,12H,6,8,11H2,1-5H3,(H,21,24)/t12-/m1/s1. The van der Waals surface area contributed by atoms with Gasteiger partial charge in [-0.1, -0.05) is 36.2 Å². The molecule has 0 fully saturated rings. The van der Waals surface area contributed by atoms with Gasteiger partial charge in [-0.05, 0) is 46.2 Å². The van der Waals surface area contributed by atoms with Gasteiger partial charge in [0.15, 0.2) is 0 Å². The fourth-order valence-corrected chi connectivity index (χ4v) is 2.78. The average Bonchev–Trinajstić information content (AvgIpc) is 2.44. The van der Waals surface area contributed by atoms with Crippen molar-refractivity contribution in [2.24, 2.45) is 0 Å². The number of nitrogens with zero attached hydrogens (tertiary/aromatic N) is 1. The summed E-state index contributed by atoms with van der Waals surface area (Å²) in [6.07, 6.45) is 1.08. The maximum Gasteiger partial charge on any atom is 0.242 e. The minimum absolute atomic E-state index is 0.0926. The van der Waals surface area contributed by atoms with E-state index in [1.807, 2.05) is 27.7 Å². The maximum absolute atomic E-state index is 12.5. The van der Waals surface area contributed by atoms with Crippen LogP contribution in [0.4, 0.5) is 0 Å². The molecule has 1 aromatic rings. The third-order valence-corrected chi connectivity index (χ3v) is 4.23. The molecular formula is C18H26Cl2N2O2. The summed E-state index contributed by atoms with van der Waals surface area (Å²) >= 11 is 12.4. The van der Waals surface area contributed by atoms with Crippen molar-refractivity contribution in [2.45, 2.75) is 65.6 Å². The Hall–Kier alpha value is -1.26. The number of rotatable bonds is 6. The first kappa shape index (κ1) is 20.8. The van der Waals surface area contributed by atoms with Crippen molar-refractivity contribution in [3.05, 3.63) is 33.8 Å². The molecule has 0 aromatic heterocycles. The second-order valence-electron chi connectivity index (χ2n) is 6.89. The molecule has 0 heterocycles. The van der Waals surface area contributed by atoms with Gasteiger partial charge in [-0.2, -0.15) is 0 Å². The van der Waals surface area contributed by atoms with Crippen LogP contribution in [0.25, 0.3) is 0 Å². The second kappa shape index (κ2) is 8.72. The molecule has 24 heavy (non-hydrogen) atoms. The molecule has 0 spiro atoms. The van der Waals surface area contributed by atoms with Crippen molar-refractivity contribution in [2.75, 3.05) is 0 Å². The first-order chi connectivity index (χ1) is 11.1. The summed E-state index contributed by atoms with van der Waals surface area (Å²) in [7, 11) is 0. The van der Waals surface area contributed by atoms with Gasteiger partial charge in [-0.3, -0.25) is 9.59 Å². The van der Waals surface area contributed by atoms with E-state index < -0.39 is 6.04 Å². The third kappa shape index (κ3) is 5.99. The van der Waals surface area contributed by atoms with Gasteiger partial charge in [-0.15, -0.1) is 0 Å². The Morgan fingerprint density at radius 2 is 1.75 bits per heavy atom. The second-order valence-corrected chi connectivity index (χ2v) is 7.70. The first-order valence-corrected chi connectivity index (χ1v) is 8.86. The SMILES string of the molecule is CCCC(=O)N(Cc1c(Cl)cccc1Cl)[C@H](C)C(=O)NC(C)(C)C. The van der Waals surface area contributed by atoms with Gasteiger partial charge in [0.05, 0.1) is 0 Å². The lowest BCUT2D eigenvalue weighted by Crippen LogP contribution is -2.52. The van der Waals surface area contributed by atoms with Gasteiger partial charge in [-0.25, -0.2) is 0 Å². The zero-order valence-corrected chi connectivity index (χ0v) is 16.5. The Labute approximate surface area is 154 Å². The predicted octanol–water partition coefficient (Wildman–Crippen LogP) is 4.43. The number of halogens is 2. The third-order valence-electron chi connectivity index (χ3n) is 3.52. The van der Waals surface area contributed by atoms with Crippen LogP contribution in [-0.2, 0) is 16.1 Å². The highest BCUT2D eigenvalue weighted by Gasteiger charge is 2.28. The topological polar surface area (TPSA) is 49.4 Å². The molecule has 1 rings (SSSR count). The van der Waals surface area contributed by atoms with Gasteiger partial charge in [0, 0.05) is 34.1 Å². The molecule has 1 aromatic carbocycles. The zero-order valence-electron chi connectivity index (χ0n) is 15.0. The highest BCUT2D eigenvalue weighted by molar-refractivity contribution is 6.36. The lowest BCUT2D eigenvalue weighted by Gasteiger charge is -2.32. The predicted molar refractivity (Wildman–Crippen MR) is 99.3 cm³/mol. The van der Waals surface area contributed by atoms with E-state index in [4.69, 9.17) is 23.2 Å². The minimum Gasteiger partial charge on any atom is -0.350 e. The summed E-state index contributed by atoms with van der Waals surface area (Å²) in [6.45, 7) is 9.57. The summed E-state index contributed by atoms with van der Waals surface area (Å²) < 4.78 is 0. The molecule has 0 aliphatic heterocycles. The van der Waals surface area contributed by atoms with E-state index >= 15 is 0 Å². The maximum atomic E-state index is 12.5. The van der Waals surface area contributed by atoms with Crippen LogP contribution in [0.3, 0.4) is 0 Å². The fourth-order valence-electron chi connectivity index (χ4n) is 2.27. The van der Waals surface area contributed by atoms with Crippen LogP contribution in [0.5, 0.6) is 0 Å². The highest BCUT2D eigenvalue weighted by Crippen LogP contribution is 2.27. The van der Waals surface area contributed by atoms with Crippen LogP contribution in [0, 0.1) is 0 Å². The van der Waals surface area contributed by atoms with Gasteiger partial charge in [0.1, 0.15) is 6.04 Å². The number of amides is 2. The van der Waals surface area contributed by atoms with E-state index in [1.165, 1.54) is 4.90 Å². The molecule has 0 saturated carbocycles.